The number of carbonyl (C=O) groups excluding carboxylic acids is 1. The molecule has 11 heteroatoms. The number of amides is 1. The van der Waals surface area contributed by atoms with Crippen molar-refractivity contribution in [2.75, 3.05) is 26.2 Å². The van der Waals surface area contributed by atoms with Crippen LogP contribution >= 0.6 is 11.6 Å². The van der Waals surface area contributed by atoms with Crippen molar-refractivity contribution in [1.82, 2.24) is 28.9 Å². The Morgan fingerprint density at radius 3 is 2.64 bits per heavy atom. The van der Waals surface area contributed by atoms with Gasteiger partial charge in [0.15, 0.2) is 11.2 Å². The first-order valence-corrected chi connectivity index (χ1v) is 11.3. The SMILES string of the molecule is CCCCn1c(=O)[nH]c(=O)c2c1nc(CN1CCN(C(=O)c3cc(Cl)ccc3F)CC1)n2C. The Hall–Kier alpha value is -2.98. The summed E-state index contributed by atoms with van der Waals surface area (Å²) in [4.78, 5) is 48.2. The maximum atomic E-state index is 14.1. The number of benzene rings is 1. The smallest absolute Gasteiger partial charge is 0.330 e. The number of hydrogen-bond donors (Lipinski definition) is 1. The summed E-state index contributed by atoms with van der Waals surface area (Å²) in [5.74, 6) is -0.318. The van der Waals surface area contributed by atoms with Gasteiger partial charge in [-0.05, 0) is 24.6 Å². The molecule has 0 saturated carbocycles. The molecule has 0 radical (unpaired) electrons. The molecule has 4 rings (SSSR count). The van der Waals surface area contributed by atoms with Gasteiger partial charge in [-0.3, -0.25) is 24.0 Å². The normalized spacial score (nSPS) is 14.8. The Labute approximate surface area is 194 Å². The minimum Gasteiger partial charge on any atom is -0.336 e. The van der Waals surface area contributed by atoms with E-state index in [2.05, 4.69) is 14.9 Å². The lowest BCUT2D eigenvalue weighted by atomic mass is 10.1. The maximum absolute atomic E-state index is 14.1. The third kappa shape index (κ3) is 4.58. The number of unbranched alkanes of at least 4 members (excludes halogenated alkanes) is 1. The van der Waals surface area contributed by atoms with Crippen LogP contribution in [0.4, 0.5) is 4.39 Å². The van der Waals surface area contributed by atoms with Crippen molar-refractivity contribution in [2.45, 2.75) is 32.9 Å². The first kappa shape index (κ1) is 23.2. The number of fused-ring (bicyclic) bond motifs is 1. The summed E-state index contributed by atoms with van der Waals surface area (Å²) in [6.07, 6.45) is 1.71. The highest BCUT2D eigenvalue weighted by Gasteiger charge is 2.26. The van der Waals surface area contributed by atoms with E-state index in [1.54, 1.807) is 16.5 Å². The van der Waals surface area contributed by atoms with Crippen LogP contribution in [-0.4, -0.2) is 61.0 Å². The maximum Gasteiger partial charge on any atom is 0.330 e. The molecule has 33 heavy (non-hydrogen) atoms. The third-order valence-electron chi connectivity index (χ3n) is 6.02. The first-order valence-electron chi connectivity index (χ1n) is 10.9. The molecule has 0 spiro atoms. The number of nitrogens with zero attached hydrogens (tertiary/aromatic N) is 5. The molecule has 1 fully saturated rings. The number of rotatable bonds is 6. The van der Waals surface area contributed by atoms with Crippen LogP contribution in [0.3, 0.4) is 0 Å². The quantitative estimate of drug-likeness (QED) is 0.587. The van der Waals surface area contributed by atoms with E-state index in [9.17, 15) is 18.8 Å². The van der Waals surface area contributed by atoms with Crippen LogP contribution in [0.1, 0.15) is 35.9 Å². The highest BCUT2D eigenvalue weighted by Crippen LogP contribution is 2.19. The molecule has 2 aromatic heterocycles. The zero-order valence-electron chi connectivity index (χ0n) is 18.6. The van der Waals surface area contributed by atoms with Crippen molar-refractivity contribution in [3.63, 3.8) is 0 Å². The second kappa shape index (κ2) is 9.48. The molecule has 1 aliphatic rings. The number of piperazine rings is 1. The summed E-state index contributed by atoms with van der Waals surface area (Å²) >= 11 is 5.92. The summed E-state index contributed by atoms with van der Waals surface area (Å²) in [5, 5.41) is 0.313. The molecule has 3 heterocycles. The summed E-state index contributed by atoms with van der Waals surface area (Å²) in [5.41, 5.74) is -0.185. The lowest BCUT2D eigenvalue weighted by molar-refractivity contribution is 0.0620. The zero-order chi connectivity index (χ0) is 23.7. The molecule has 1 N–H and O–H groups in total. The number of nitrogens with one attached hydrogen (secondary N) is 1. The number of hydrogen-bond acceptors (Lipinski definition) is 5. The van der Waals surface area contributed by atoms with E-state index in [4.69, 9.17) is 11.6 Å². The van der Waals surface area contributed by atoms with E-state index in [-0.39, 0.29) is 11.5 Å². The van der Waals surface area contributed by atoms with Gasteiger partial charge in [0.1, 0.15) is 11.6 Å². The minimum atomic E-state index is -0.592. The molecule has 0 unspecified atom stereocenters. The third-order valence-corrected chi connectivity index (χ3v) is 6.26. The van der Waals surface area contributed by atoms with Crippen LogP contribution in [0.25, 0.3) is 11.2 Å². The first-order chi connectivity index (χ1) is 15.8. The standard InChI is InChI=1S/C22H26ClFN6O3/c1-3-4-7-30-19-18(20(31)26-22(30)33)27(2)17(25-19)13-28-8-10-29(11-9-28)21(32)15-12-14(23)5-6-16(15)24/h5-6,12H,3-4,7-11,13H2,1-2H3,(H,26,31,33). The monoisotopic (exact) mass is 476 g/mol. The Kier molecular flexibility index (Phi) is 6.66. The van der Waals surface area contributed by atoms with Gasteiger partial charge in [0.05, 0.1) is 12.1 Å². The summed E-state index contributed by atoms with van der Waals surface area (Å²) in [6, 6.07) is 3.95. The largest absolute Gasteiger partial charge is 0.336 e. The molecule has 1 amide bonds. The van der Waals surface area contributed by atoms with Gasteiger partial charge in [0, 0.05) is 44.8 Å². The minimum absolute atomic E-state index is 0.0319. The van der Waals surface area contributed by atoms with Crippen LogP contribution in [0, 0.1) is 5.82 Å². The highest BCUT2D eigenvalue weighted by atomic mass is 35.5. The van der Waals surface area contributed by atoms with E-state index in [1.165, 1.54) is 22.8 Å². The average molecular weight is 477 g/mol. The van der Waals surface area contributed by atoms with Crippen molar-refractivity contribution in [3.05, 3.63) is 61.3 Å². The number of carbonyl (C=O) groups is 1. The summed E-state index contributed by atoms with van der Waals surface area (Å²) in [6.45, 7) is 4.96. The fraction of sp³-hybridized carbons (Fsp3) is 0.455. The molecule has 1 saturated heterocycles. The number of aromatic nitrogens is 4. The number of H-pyrrole nitrogens is 1. The van der Waals surface area contributed by atoms with Gasteiger partial charge in [0.25, 0.3) is 11.5 Å². The van der Waals surface area contributed by atoms with Crippen LogP contribution in [0.2, 0.25) is 5.02 Å². The number of aryl methyl sites for hydroxylation is 2. The van der Waals surface area contributed by atoms with Crippen molar-refractivity contribution >= 4 is 28.7 Å². The summed E-state index contributed by atoms with van der Waals surface area (Å²) < 4.78 is 17.3. The molecule has 0 aliphatic carbocycles. The second-order valence-corrected chi connectivity index (χ2v) is 8.65. The Balaban J connectivity index is 1.50. The molecular weight excluding hydrogens is 451 g/mol. The predicted octanol–water partition coefficient (Wildman–Crippen LogP) is 1.97. The van der Waals surface area contributed by atoms with Crippen molar-refractivity contribution in [1.29, 1.82) is 0 Å². The summed E-state index contributed by atoms with van der Waals surface area (Å²) in [7, 11) is 1.76. The van der Waals surface area contributed by atoms with Crippen LogP contribution < -0.4 is 11.2 Å². The molecule has 0 bridgehead atoms. The van der Waals surface area contributed by atoms with Crippen molar-refractivity contribution in [3.8, 4) is 0 Å². The highest BCUT2D eigenvalue weighted by molar-refractivity contribution is 6.31. The topological polar surface area (TPSA) is 96.2 Å². The Morgan fingerprint density at radius 2 is 1.94 bits per heavy atom. The van der Waals surface area contributed by atoms with E-state index in [1.807, 2.05) is 6.92 Å². The molecule has 1 aromatic carbocycles. The van der Waals surface area contributed by atoms with E-state index < -0.39 is 17.1 Å². The molecule has 9 nitrogen and oxygen atoms in total. The Bertz CT molecular complexity index is 1310. The number of aromatic amines is 1. The fourth-order valence-electron chi connectivity index (χ4n) is 4.10. The van der Waals surface area contributed by atoms with Gasteiger partial charge in [-0.25, -0.2) is 14.2 Å². The van der Waals surface area contributed by atoms with Crippen molar-refractivity contribution in [2.24, 2.45) is 7.05 Å². The second-order valence-electron chi connectivity index (χ2n) is 8.22. The molecule has 176 valence electrons. The lowest BCUT2D eigenvalue weighted by Crippen LogP contribution is -2.48. The molecule has 0 atom stereocenters. The van der Waals surface area contributed by atoms with Crippen LogP contribution in [0.15, 0.2) is 27.8 Å². The Morgan fingerprint density at radius 1 is 1.21 bits per heavy atom. The predicted molar refractivity (Wildman–Crippen MR) is 123 cm³/mol. The average Bonchev–Trinajstić information content (AvgIpc) is 3.11. The van der Waals surface area contributed by atoms with Crippen LogP contribution in [0.5, 0.6) is 0 Å². The van der Waals surface area contributed by atoms with E-state index in [0.717, 1.165) is 12.8 Å². The number of halogens is 2. The lowest BCUT2D eigenvalue weighted by Gasteiger charge is -2.34. The van der Waals surface area contributed by atoms with Gasteiger partial charge >= 0.3 is 5.69 Å². The zero-order valence-corrected chi connectivity index (χ0v) is 19.4. The fourth-order valence-corrected chi connectivity index (χ4v) is 4.27. The van der Waals surface area contributed by atoms with Gasteiger partial charge in [0.2, 0.25) is 0 Å². The van der Waals surface area contributed by atoms with Gasteiger partial charge < -0.3 is 9.47 Å². The van der Waals surface area contributed by atoms with Gasteiger partial charge in [-0.2, -0.15) is 0 Å². The van der Waals surface area contributed by atoms with Crippen molar-refractivity contribution < 1.29 is 9.18 Å². The van der Waals surface area contributed by atoms with E-state index >= 15 is 0 Å². The number of imidazole rings is 1. The van der Waals surface area contributed by atoms with Gasteiger partial charge in [-0.15, -0.1) is 0 Å². The van der Waals surface area contributed by atoms with E-state index in [0.29, 0.717) is 61.3 Å². The molecule has 3 aromatic rings. The van der Waals surface area contributed by atoms with Gasteiger partial charge in [-0.1, -0.05) is 24.9 Å². The molecule has 1 aliphatic heterocycles. The molecular formula is C22H26ClFN6O3. The van der Waals surface area contributed by atoms with Crippen LogP contribution in [-0.2, 0) is 20.1 Å².